The lowest BCUT2D eigenvalue weighted by Crippen LogP contribution is -2.60. The molecule has 9 heteroatoms. The molecule has 4 N–H and O–H groups in total. The summed E-state index contributed by atoms with van der Waals surface area (Å²) in [5, 5.41) is 20.5. The molecule has 1 saturated carbocycles. The third kappa shape index (κ3) is 4.90. The zero-order valence-corrected chi connectivity index (χ0v) is 16.7. The summed E-state index contributed by atoms with van der Waals surface area (Å²) in [5.41, 5.74) is 2.30. The molecule has 8 nitrogen and oxygen atoms in total. The van der Waals surface area contributed by atoms with Gasteiger partial charge in [0.2, 0.25) is 0 Å². The van der Waals surface area contributed by atoms with Gasteiger partial charge in [0.25, 0.3) is 11.8 Å². The van der Waals surface area contributed by atoms with Gasteiger partial charge in [0.15, 0.2) is 9.84 Å². The number of aliphatic hydroxyl groups is 1. The van der Waals surface area contributed by atoms with Crippen LogP contribution < -0.4 is 10.8 Å². The van der Waals surface area contributed by atoms with E-state index in [1.807, 2.05) is 0 Å². The summed E-state index contributed by atoms with van der Waals surface area (Å²) >= 11 is 0. The molecule has 0 unspecified atom stereocenters. The summed E-state index contributed by atoms with van der Waals surface area (Å²) in [6, 6.07) is 4.80. The van der Waals surface area contributed by atoms with E-state index in [9.17, 15) is 23.1 Å². The van der Waals surface area contributed by atoms with Crippen molar-refractivity contribution in [2.45, 2.75) is 43.6 Å². The Morgan fingerprint density at radius 1 is 1.21 bits per heavy atom. The van der Waals surface area contributed by atoms with Gasteiger partial charge < -0.3 is 10.4 Å². The molecule has 0 radical (unpaired) electrons. The summed E-state index contributed by atoms with van der Waals surface area (Å²) in [6.07, 6.45) is 2.01. The second kappa shape index (κ2) is 8.31. The van der Waals surface area contributed by atoms with Gasteiger partial charge in [0.05, 0.1) is 10.9 Å². The number of rotatable bonds is 5. The monoisotopic (exact) mass is 408 g/mol. The van der Waals surface area contributed by atoms with Gasteiger partial charge in [0, 0.05) is 23.3 Å². The molecule has 1 aliphatic carbocycles. The van der Waals surface area contributed by atoms with Crippen molar-refractivity contribution in [1.82, 2.24) is 10.8 Å². The van der Waals surface area contributed by atoms with Crippen molar-refractivity contribution in [3.05, 3.63) is 35.4 Å². The maximum atomic E-state index is 12.5. The molecule has 1 fully saturated rings. The number of sulfone groups is 1. The predicted molar refractivity (Wildman–Crippen MR) is 102 cm³/mol. The van der Waals surface area contributed by atoms with Crippen LogP contribution in [0, 0.1) is 17.8 Å². The van der Waals surface area contributed by atoms with Gasteiger partial charge in [-0.25, -0.2) is 13.9 Å². The van der Waals surface area contributed by atoms with Crippen LogP contribution >= 0.6 is 0 Å². The van der Waals surface area contributed by atoms with Crippen LogP contribution in [-0.2, 0) is 14.6 Å². The van der Waals surface area contributed by atoms with Crippen LogP contribution in [0.15, 0.2) is 24.3 Å². The molecular weight excluding hydrogens is 384 g/mol. The second-order valence-corrected chi connectivity index (χ2v) is 10.0. The van der Waals surface area contributed by atoms with Gasteiger partial charge in [-0.2, -0.15) is 0 Å². The van der Waals surface area contributed by atoms with Gasteiger partial charge in [-0.05, 0) is 51.0 Å². The van der Waals surface area contributed by atoms with Gasteiger partial charge in [-0.3, -0.25) is 14.8 Å². The molecule has 0 saturated heterocycles. The third-order valence-electron chi connectivity index (χ3n) is 4.98. The number of hydrogen-bond donors (Lipinski definition) is 4. The van der Waals surface area contributed by atoms with E-state index in [1.54, 1.807) is 12.1 Å². The van der Waals surface area contributed by atoms with Crippen molar-refractivity contribution in [3.63, 3.8) is 0 Å². The molecule has 0 aliphatic heterocycles. The predicted octanol–water partition coefficient (Wildman–Crippen LogP) is 0.236. The third-order valence-corrected chi connectivity index (χ3v) is 7.13. The van der Waals surface area contributed by atoms with Gasteiger partial charge in [0.1, 0.15) is 6.04 Å². The highest BCUT2D eigenvalue weighted by molar-refractivity contribution is 7.92. The zero-order chi connectivity index (χ0) is 21.1. The lowest BCUT2D eigenvalue weighted by molar-refractivity contribution is -0.131. The lowest BCUT2D eigenvalue weighted by Gasteiger charge is -2.31. The molecule has 152 valence electrons. The van der Waals surface area contributed by atoms with Crippen LogP contribution in [0.5, 0.6) is 0 Å². The van der Waals surface area contributed by atoms with E-state index in [2.05, 4.69) is 17.2 Å². The minimum absolute atomic E-state index is 0.175. The van der Waals surface area contributed by atoms with Crippen LogP contribution in [0.2, 0.25) is 0 Å². The summed E-state index contributed by atoms with van der Waals surface area (Å²) in [6.45, 7) is 2.58. The van der Waals surface area contributed by atoms with Crippen LogP contribution in [0.4, 0.5) is 0 Å². The number of nitrogens with one attached hydrogen (secondary N) is 2. The van der Waals surface area contributed by atoms with E-state index in [-0.39, 0.29) is 17.6 Å². The number of hydrogen-bond acceptors (Lipinski definition) is 6. The molecule has 2 amide bonds. The Hall–Kier alpha value is -2.41. The molecule has 28 heavy (non-hydrogen) atoms. The topological polar surface area (TPSA) is 133 Å². The van der Waals surface area contributed by atoms with E-state index >= 15 is 0 Å². The van der Waals surface area contributed by atoms with E-state index < -0.39 is 32.4 Å². The highest BCUT2D eigenvalue weighted by atomic mass is 32.2. The smallest absolute Gasteiger partial charge is 0.267 e. The molecule has 1 aromatic rings. The quantitative estimate of drug-likeness (QED) is 0.313. The van der Waals surface area contributed by atoms with E-state index in [0.29, 0.717) is 18.4 Å². The van der Waals surface area contributed by atoms with E-state index in [0.717, 1.165) is 6.26 Å². The van der Waals surface area contributed by atoms with Gasteiger partial charge in [-0.1, -0.05) is 11.8 Å². The van der Waals surface area contributed by atoms with Gasteiger partial charge >= 0.3 is 0 Å². The Kier molecular flexibility index (Phi) is 6.49. The average molecular weight is 408 g/mol. The Labute approximate surface area is 164 Å². The fraction of sp³-hybridized carbons (Fsp3) is 0.474. The Morgan fingerprint density at radius 3 is 2.25 bits per heavy atom. The molecule has 1 aromatic carbocycles. The largest absolute Gasteiger partial charge is 0.393 e. The van der Waals surface area contributed by atoms with Crippen molar-refractivity contribution < 1.29 is 28.3 Å². The number of carbonyl (C=O) groups is 2. The highest BCUT2D eigenvalue weighted by Gasteiger charge is 2.44. The molecule has 0 bridgehead atoms. The first kappa shape index (κ1) is 21.9. The minimum atomic E-state index is -3.73. The van der Waals surface area contributed by atoms with Crippen molar-refractivity contribution in [2.24, 2.45) is 5.92 Å². The van der Waals surface area contributed by atoms with Crippen LogP contribution in [-0.4, -0.2) is 53.7 Å². The van der Waals surface area contributed by atoms with Crippen LogP contribution in [0.1, 0.15) is 42.6 Å². The first-order valence-corrected chi connectivity index (χ1v) is 10.6. The zero-order valence-electron chi connectivity index (χ0n) is 15.9. The maximum Gasteiger partial charge on any atom is 0.267 e. The van der Waals surface area contributed by atoms with Crippen LogP contribution in [0.3, 0.4) is 0 Å². The number of carbonyl (C=O) groups excluding carboxylic acids is 2. The first-order valence-electron chi connectivity index (χ1n) is 8.69. The fourth-order valence-electron chi connectivity index (χ4n) is 2.64. The maximum absolute atomic E-state index is 12.5. The molecular formula is C19H24N2O6S. The Balaban J connectivity index is 2.14. The van der Waals surface area contributed by atoms with Crippen molar-refractivity contribution in [1.29, 1.82) is 0 Å². The highest BCUT2D eigenvalue weighted by Crippen LogP contribution is 2.26. The number of amides is 2. The number of hydroxylamine groups is 1. The minimum Gasteiger partial charge on any atom is -0.393 e. The molecule has 1 aliphatic rings. The normalized spacial score (nSPS) is 20.2. The summed E-state index contributed by atoms with van der Waals surface area (Å²) < 4.78 is 22.4. The number of aliphatic hydroxyl groups excluding tert-OH is 1. The molecule has 0 aromatic heterocycles. The Morgan fingerprint density at radius 2 is 1.79 bits per heavy atom. The van der Waals surface area contributed by atoms with E-state index in [4.69, 9.17) is 5.21 Å². The standard InChI is InChI=1S/C19H24N2O6S/c1-19(2,28(3,26)27)16(18(24)21-25)20-17(23)14-8-6-12(7-9-14)4-5-13-10-15(22)11-13/h6-9,13,15-16,22,25H,10-11H2,1-3H3,(H,20,23)(H,21,24)/t13?,15?,16-/m1/s1. The summed E-state index contributed by atoms with van der Waals surface area (Å²) in [4.78, 5) is 24.4. The van der Waals surface area contributed by atoms with Crippen molar-refractivity contribution >= 4 is 21.7 Å². The molecule has 0 spiro atoms. The molecule has 2 rings (SSSR count). The second-order valence-electron chi connectivity index (χ2n) is 7.43. The Bertz CT molecular complexity index is 906. The average Bonchev–Trinajstić information content (AvgIpc) is 2.60. The fourth-order valence-corrected chi connectivity index (χ4v) is 3.24. The van der Waals surface area contributed by atoms with Crippen molar-refractivity contribution in [2.75, 3.05) is 6.26 Å². The van der Waals surface area contributed by atoms with Crippen molar-refractivity contribution in [3.8, 4) is 11.8 Å². The molecule has 0 heterocycles. The first-order chi connectivity index (χ1) is 13.0. The van der Waals surface area contributed by atoms with Gasteiger partial charge in [-0.15, -0.1) is 0 Å². The lowest BCUT2D eigenvalue weighted by atomic mass is 9.83. The van der Waals surface area contributed by atoms with E-state index in [1.165, 1.54) is 31.5 Å². The molecule has 1 atom stereocenters. The number of benzene rings is 1. The van der Waals surface area contributed by atoms with Crippen LogP contribution in [0.25, 0.3) is 0 Å². The summed E-state index contributed by atoms with van der Waals surface area (Å²) in [5.74, 6) is 4.51. The summed E-state index contributed by atoms with van der Waals surface area (Å²) in [7, 11) is -3.73. The SMILES string of the molecule is CC(C)([C@H](NC(=O)c1ccc(C#CC2CC(O)C2)cc1)C(=O)NO)S(C)(=O)=O.